The lowest BCUT2D eigenvalue weighted by Crippen LogP contribution is -2.29. The van der Waals surface area contributed by atoms with Crippen molar-refractivity contribution in [3.05, 3.63) is 31.4 Å². The van der Waals surface area contributed by atoms with E-state index in [4.69, 9.17) is 18.9 Å². The Hall–Kier alpha value is -3.52. The van der Waals surface area contributed by atoms with Crippen LogP contribution in [0.4, 0.5) is 11.4 Å². The third-order valence-electron chi connectivity index (χ3n) is 4.21. The van der Waals surface area contributed by atoms with Crippen LogP contribution in [0.15, 0.2) is 0 Å². The van der Waals surface area contributed by atoms with Crippen LogP contribution < -0.4 is 20.1 Å². The number of hydrogen-bond donors (Lipinski definition) is 2. The molecule has 14 heteroatoms. The molecule has 32 heavy (non-hydrogen) atoms. The zero-order valence-electron chi connectivity index (χ0n) is 18.2. The summed E-state index contributed by atoms with van der Waals surface area (Å²) in [4.78, 5) is 47.3. The zero-order chi connectivity index (χ0) is 24.3. The van der Waals surface area contributed by atoms with Gasteiger partial charge in [0.2, 0.25) is 11.5 Å². The van der Waals surface area contributed by atoms with Gasteiger partial charge in [0, 0.05) is 40.5 Å². The lowest BCUT2D eigenvalue weighted by Gasteiger charge is -2.16. The molecule has 1 aromatic carbocycles. The Kier molecular flexibility index (Phi) is 10.8. The molecule has 0 radical (unpaired) electrons. The molecular weight excluding hydrogens is 432 g/mol. The Labute approximate surface area is 183 Å². The molecule has 0 aliphatic carbocycles. The Morgan fingerprint density at radius 1 is 0.750 bits per heavy atom. The first-order valence-electron chi connectivity index (χ1n) is 9.41. The van der Waals surface area contributed by atoms with Gasteiger partial charge in [0.15, 0.2) is 11.1 Å². The second-order valence-corrected chi connectivity index (χ2v) is 6.23. The van der Waals surface area contributed by atoms with Gasteiger partial charge in [0.05, 0.1) is 24.1 Å². The van der Waals surface area contributed by atoms with Crippen LogP contribution >= 0.6 is 0 Å². The summed E-state index contributed by atoms with van der Waals surface area (Å²) in [7, 11) is 4.92. The quantitative estimate of drug-likeness (QED) is 0.232. The first-order chi connectivity index (χ1) is 15.3. The minimum Gasteiger partial charge on any atom is -0.489 e. The van der Waals surface area contributed by atoms with Crippen molar-refractivity contribution >= 4 is 23.2 Å². The number of hydrogen-bond acceptors (Lipinski definition) is 10. The van der Waals surface area contributed by atoms with Crippen LogP contribution in [0.1, 0.15) is 33.6 Å². The van der Waals surface area contributed by atoms with E-state index in [-0.39, 0.29) is 13.1 Å². The molecule has 0 aromatic heterocycles. The normalized spacial score (nSPS) is 10.4. The standard InChI is InChI=1S/C18H26N4O10/c1-29-9-5-7-19-17(23)11-13(21(25)26)16(32-4)12(14(22(27)28)15(11)31-3)18(24)20-8-6-10-30-2/h5-10H2,1-4H3,(H,19,23)(H,20,24). The van der Waals surface area contributed by atoms with Gasteiger partial charge in [0.25, 0.3) is 11.8 Å². The fraction of sp³-hybridized carbons (Fsp3) is 0.556. The number of amides is 2. The third kappa shape index (κ3) is 6.24. The lowest BCUT2D eigenvalue weighted by atomic mass is 10.0. The maximum absolute atomic E-state index is 12.8. The number of nitro benzene ring substituents is 2. The average molecular weight is 458 g/mol. The summed E-state index contributed by atoms with van der Waals surface area (Å²) in [5, 5.41) is 28.6. The first kappa shape index (κ1) is 26.5. The number of benzene rings is 1. The highest BCUT2D eigenvalue weighted by atomic mass is 16.6. The maximum Gasteiger partial charge on any atom is 0.328 e. The largest absolute Gasteiger partial charge is 0.489 e. The molecule has 0 fully saturated rings. The van der Waals surface area contributed by atoms with Crippen molar-refractivity contribution in [2.45, 2.75) is 12.8 Å². The summed E-state index contributed by atoms with van der Waals surface area (Å²) in [6, 6.07) is 0. The molecule has 0 aliphatic heterocycles. The van der Waals surface area contributed by atoms with Crippen LogP contribution in [-0.2, 0) is 9.47 Å². The smallest absolute Gasteiger partial charge is 0.328 e. The van der Waals surface area contributed by atoms with Crippen molar-refractivity contribution in [3.63, 3.8) is 0 Å². The van der Waals surface area contributed by atoms with Gasteiger partial charge in [-0.25, -0.2) is 0 Å². The number of ether oxygens (including phenoxy) is 4. The number of carbonyl (C=O) groups excluding carboxylic acids is 2. The van der Waals surface area contributed by atoms with Crippen LogP contribution in [0, 0.1) is 20.2 Å². The van der Waals surface area contributed by atoms with Gasteiger partial charge in [-0.05, 0) is 12.8 Å². The average Bonchev–Trinajstić information content (AvgIpc) is 2.76. The Bertz CT molecular complexity index is 789. The lowest BCUT2D eigenvalue weighted by molar-refractivity contribution is -0.390. The number of nitrogens with zero attached hydrogens (tertiary/aromatic N) is 2. The molecule has 0 atom stereocenters. The van der Waals surface area contributed by atoms with E-state index in [0.29, 0.717) is 26.1 Å². The van der Waals surface area contributed by atoms with Gasteiger partial charge in [-0.15, -0.1) is 0 Å². The minimum absolute atomic E-state index is 0.0742. The van der Waals surface area contributed by atoms with Gasteiger partial charge >= 0.3 is 11.4 Å². The minimum atomic E-state index is -1.00. The molecule has 0 aliphatic rings. The number of methoxy groups -OCH3 is 4. The number of nitrogens with one attached hydrogen (secondary N) is 2. The van der Waals surface area contributed by atoms with E-state index in [1.807, 2.05) is 0 Å². The van der Waals surface area contributed by atoms with Gasteiger partial charge in [-0.3, -0.25) is 29.8 Å². The molecule has 1 rings (SSSR count). The van der Waals surface area contributed by atoms with Crippen molar-refractivity contribution in [2.75, 3.05) is 54.7 Å². The summed E-state index contributed by atoms with van der Waals surface area (Å²) in [6.07, 6.45) is 0.777. The van der Waals surface area contributed by atoms with Crippen LogP contribution in [-0.4, -0.2) is 76.4 Å². The first-order valence-corrected chi connectivity index (χ1v) is 9.41. The van der Waals surface area contributed by atoms with Crippen molar-refractivity contribution in [2.24, 2.45) is 0 Å². The van der Waals surface area contributed by atoms with Gasteiger partial charge in [-0.2, -0.15) is 0 Å². The van der Waals surface area contributed by atoms with Crippen molar-refractivity contribution in [3.8, 4) is 11.5 Å². The third-order valence-corrected chi connectivity index (χ3v) is 4.21. The van der Waals surface area contributed by atoms with Crippen molar-refractivity contribution < 1.29 is 38.4 Å². The van der Waals surface area contributed by atoms with Gasteiger partial charge in [-0.1, -0.05) is 0 Å². The van der Waals surface area contributed by atoms with Crippen LogP contribution in [0.5, 0.6) is 11.5 Å². The molecule has 0 saturated heterocycles. The number of carbonyl (C=O) groups is 2. The van der Waals surface area contributed by atoms with E-state index >= 15 is 0 Å². The Morgan fingerprint density at radius 3 is 1.34 bits per heavy atom. The van der Waals surface area contributed by atoms with Crippen molar-refractivity contribution in [1.82, 2.24) is 10.6 Å². The summed E-state index contributed by atoms with van der Waals surface area (Å²) < 4.78 is 19.8. The van der Waals surface area contributed by atoms with E-state index in [1.54, 1.807) is 0 Å². The predicted molar refractivity (Wildman–Crippen MR) is 111 cm³/mol. The molecule has 2 amide bonds. The molecule has 2 N–H and O–H groups in total. The molecule has 0 bridgehead atoms. The molecule has 0 spiro atoms. The fourth-order valence-corrected chi connectivity index (χ4v) is 2.86. The monoisotopic (exact) mass is 458 g/mol. The second kappa shape index (κ2) is 13.0. The van der Waals surface area contributed by atoms with Gasteiger partial charge < -0.3 is 29.6 Å². The summed E-state index contributed by atoms with van der Waals surface area (Å²) in [6.45, 7) is 0.770. The number of rotatable bonds is 14. The SMILES string of the molecule is COCCCNC(=O)c1c(OC)c([N+](=O)[O-])c(C(=O)NCCCOC)c(OC)c1[N+](=O)[O-]. The summed E-state index contributed by atoms with van der Waals surface area (Å²) in [5.74, 6) is -3.46. The molecular formula is C18H26N4O10. The second-order valence-electron chi connectivity index (χ2n) is 6.23. The molecule has 0 unspecified atom stereocenters. The van der Waals surface area contributed by atoms with Crippen LogP contribution in [0.3, 0.4) is 0 Å². The highest BCUT2D eigenvalue weighted by Crippen LogP contribution is 2.47. The van der Waals surface area contributed by atoms with E-state index in [9.17, 15) is 29.8 Å². The molecule has 178 valence electrons. The van der Waals surface area contributed by atoms with E-state index in [1.165, 1.54) is 14.2 Å². The summed E-state index contributed by atoms with van der Waals surface area (Å²) >= 11 is 0. The van der Waals surface area contributed by atoms with E-state index in [2.05, 4.69) is 10.6 Å². The zero-order valence-corrected chi connectivity index (χ0v) is 18.2. The van der Waals surface area contributed by atoms with Gasteiger partial charge in [0.1, 0.15) is 0 Å². The fourth-order valence-electron chi connectivity index (χ4n) is 2.86. The Morgan fingerprint density at radius 2 is 1.09 bits per heavy atom. The van der Waals surface area contributed by atoms with Crippen LogP contribution in [0.2, 0.25) is 0 Å². The summed E-state index contributed by atoms with van der Waals surface area (Å²) in [5.41, 5.74) is -3.31. The molecule has 1 aromatic rings. The highest BCUT2D eigenvalue weighted by molar-refractivity contribution is 6.10. The number of nitro groups is 2. The van der Waals surface area contributed by atoms with E-state index < -0.39 is 55.7 Å². The topological polar surface area (TPSA) is 181 Å². The molecule has 14 nitrogen and oxygen atoms in total. The Balaban J connectivity index is 3.70. The van der Waals surface area contributed by atoms with Crippen molar-refractivity contribution in [1.29, 1.82) is 0 Å². The van der Waals surface area contributed by atoms with E-state index in [0.717, 1.165) is 14.2 Å². The highest BCUT2D eigenvalue weighted by Gasteiger charge is 2.43. The maximum atomic E-state index is 12.8. The molecule has 0 heterocycles. The molecule has 0 saturated carbocycles. The predicted octanol–water partition coefficient (Wildman–Crippen LogP) is 1.05. The van der Waals surface area contributed by atoms with Crippen LogP contribution in [0.25, 0.3) is 0 Å².